The third-order valence-electron chi connectivity index (χ3n) is 3.82. The van der Waals surface area contributed by atoms with Gasteiger partial charge in [0.15, 0.2) is 0 Å². The van der Waals surface area contributed by atoms with Crippen LogP contribution in [0.25, 0.3) is 0 Å². The Kier molecular flexibility index (Phi) is 4.07. The van der Waals surface area contributed by atoms with Crippen molar-refractivity contribution in [2.24, 2.45) is 0 Å². The lowest BCUT2D eigenvalue weighted by Gasteiger charge is -2.18. The van der Waals surface area contributed by atoms with Crippen molar-refractivity contribution in [1.82, 2.24) is 0 Å². The van der Waals surface area contributed by atoms with Crippen LogP contribution in [0.5, 0.6) is 0 Å². The van der Waals surface area contributed by atoms with E-state index in [4.69, 9.17) is 46.4 Å². The summed E-state index contributed by atoms with van der Waals surface area (Å²) in [5, 5.41) is 3.61. The monoisotopic (exact) mass is 373 g/mol. The molecular formula is C16H11Cl4NO. The van der Waals surface area contributed by atoms with Crippen molar-refractivity contribution in [3.8, 4) is 0 Å². The molecule has 2 aromatic carbocycles. The molecule has 1 amide bonds. The third kappa shape index (κ3) is 2.59. The molecule has 0 saturated heterocycles. The molecule has 1 N–H and O–H groups in total. The summed E-state index contributed by atoms with van der Waals surface area (Å²) in [5.74, 6) is -0.262. The largest absolute Gasteiger partial charge is 0.325 e. The van der Waals surface area contributed by atoms with Crippen molar-refractivity contribution in [1.29, 1.82) is 0 Å². The fraction of sp³-hybridized carbons (Fsp3) is 0.188. The number of halogens is 4. The van der Waals surface area contributed by atoms with Gasteiger partial charge in [0.25, 0.3) is 0 Å². The van der Waals surface area contributed by atoms with Gasteiger partial charge in [-0.3, -0.25) is 4.79 Å². The molecule has 6 heteroatoms. The summed E-state index contributed by atoms with van der Waals surface area (Å²) in [6.07, 6.45) is 0.361. The number of hydrogen-bond donors (Lipinski definition) is 1. The minimum atomic E-state index is -1.12. The van der Waals surface area contributed by atoms with Crippen LogP contribution < -0.4 is 5.32 Å². The van der Waals surface area contributed by atoms with Crippen molar-refractivity contribution < 1.29 is 4.79 Å². The van der Waals surface area contributed by atoms with Crippen LogP contribution in [0, 0.1) is 0 Å². The van der Waals surface area contributed by atoms with Gasteiger partial charge in [-0.05, 0) is 23.8 Å². The highest BCUT2D eigenvalue weighted by Crippen LogP contribution is 2.65. The number of hydrogen-bond acceptors (Lipinski definition) is 1. The van der Waals surface area contributed by atoms with Crippen LogP contribution in [0.4, 0.5) is 5.69 Å². The fourth-order valence-electron chi connectivity index (χ4n) is 2.51. The summed E-state index contributed by atoms with van der Waals surface area (Å²) < 4.78 is -1.12. The molecule has 0 bridgehead atoms. The van der Waals surface area contributed by atoms with Gasteiger partial charge in [0.1, 0.15) is 9.75 Å². The summed E-state index contributed by atoms with van der Waals surface area (Å²) in [6, 6.07) is 14.2. The second-order valence-electron chi connectivity index (χ2n) is 5.24. The van der Waals surface area contributed by atoms with Gasteiger partial charge in [-0.1, -0.05) is 53.5 Å². The van der Waals surface area contributed by atoms with Crippen molar-refractivity contribution in [3.63, 3.8) is 0 Å². The molecule has 1 atom stereocenters. The van der Waals surface area contributed by atoms with E-state index < -0.39 is 9.75 Å². The third-order valence-corrected chi connectivity index (χ3v) is 5.47. The van der Waals surface area contributed by atoms with Crippen LogP contribution in [-0.4, -0.2) is 10.2 Å². The van der Waals surface area contributed by atoms with E-state index in [1.54, 1.807) is 18.2 Å². The zero-order valence-corrected chi connectivity index (χ0v) is 14.3. The summed E-state index contributed by atoms with van der Waals surface area (Å²) in [7, 11) is 0. The maximum Gasteiger partial charge on any atom is 0.238 e. The Hall–Kier alpha value is -0.930. The Morgan fingerprint density at radius 1 is 1.00 bits per heavy atom. The van der Waals surface area contributed by atoms with Crippen LogP contribution in [-0.2, 0) is 10.2 Å². The molecule has 0 radical (unpaired) electrons. The number of carbonyl (C=O) groups is 1. The van der Waals surface area contributed by atoms with E-state index in [9.17, 15) is 4.79 Å². The van der Waals surface area contributed by atoms with Crippen molar-refractivity contribution >= 4 is 58.0 Å². The number of amides is 1. The second kappa shape index (κ2) is 5.61. The molecule has 114 valence electrons. The van der Waals surface area contributed by atoms with E-state index in [1.165, 1.54) is 0 Å². The van der Waals surface area contributed by atoms with Crippen LogP contribution in [0.15, 0.2) is 48.5 Å². The SMILES string of the molecule is O=C(Nc1ccc(Cl)c(Cl)c1)[C@]1(c2ccccc2)CC1(Cl)Cl. The molecule has 2 nitrogen and oxygen atoms in total. The maximum absolute atomic E-state index is 12.8. The number of alkyl halides is 2. The molecule has 1 aliphatic rings. The van der Waals surface area contributed by atoms with Gasteiger partial charge in [0.05, 0.1) is 10.0 Å². The molecule has 1 aliphatic carbocycles. The van der Waals surface area contributed by atoms with Gasteiger partial charge < -0.3 is 5.32 Å². The number of rotatable bonds is 3. The van der Waals surface area contributed by atoms with Gasteiger partial charge in [-0.25, -0.2) is 0 Å². The van der Waals surface area contributed by atoms with Crippen LogP contribution in [0.3, 0.4) is 0 Å². The van der Waals surface area contributed by atoms with Gasteiger partial charge in [0.2, 0.25) is 5.91 Å². The summed E-state index contributed by atoms with van der Waals surface area (Å²) in [6.45, 7) is 0. The van der Waals surface area contributed by atoms with E-state index in [0.717, 1.165) is 5.56 Å². The van der Waals surface area contributed by atoms with E-state index >= 15 is 0 Å². The van der Waals surface area contributed by atoms with E-state index in [0.29, 0.717) is 22.2 Å². The molecule has 0 unspecified atom stereocenters. The van der Waals surface area contributed by atoms with Crippen LogP contribution >= 0.6 is 46.4 Å². The van der Waals surface area contributed by atoms with Crippen molar-refractivity contribution in [2.75, 3.05) is 5.32 Å². The highest BCUT2D eigenvalue weighted by atomic mass is 35.5. The quantitative estimate of drug-likeness (QED) is 0.711. The molecule has 3 rings (SSSR count). The fourth-order valence-corrected chi connectivity index (χ4v) is 3.60. The minimum Gasteiger partial charge on any atom is -0.325 e. The smallest absolute Gasteiger partial charge is 0.238 e. The van der Waals surface area contributed by atoms with Gasteiger partial charge in [0, 0.05) is 12.1 Å². The average Bonchev–Trinajstić information content (AvgIpc) is 3.08. The van der Waals surface area contributed by atoms with Crippen molar-refractivity contribution in [2.45, 2.75) is 16.2 Å². The molecule has 22 heavy (non-hydrogen) atoms. The standard InChI is InChI=1S/C16H11Cl4NO/c17-12-7-6-11(8-13(12)18)21-14(22)15(9-16(15,19)20)10-4-2-1-3-5-10/h1-8H,9H2,(H,21,22)/t15-/m1/s1. The first-order valence-corrected chi connectivity index (χ1v) is 8.08. The Bertz CT molecular complexity index is 732. The van der Waals surface area contributed by atoms with E-state index in [-0.39, 0.29) is 5.91 Å². The van der Waals surface area contributed by atoms with Crippen molar-refractivity contribution in [3.05, 3.63) is 64.1 Å². The van der Waals surface area contributed by atoms with E-state index in [1.807, 2.05) is 30.3 Å². The summed E-state index contributed by atoms with van der Waals surface area (Å²) >= 11 is 24.4. The first kappa shape index (κ1) is 15.9. The van der Waals surface area contributed by atoms with E-state index in [2.05, 4.69) is 5.32 Å². The average molecular weight is 375 g/mol. The van der Waals surface area contributed by atoms with Gasteiger partial charge in [-0.15, -0.1) is 23.2 Å². The normalized spacial score (nSPS) is 22.2. The Labute approximate surface area is 148 Å². The molecule has 2 aromatic rings. The molecule has 1 fully saturated rings. The zero-order chi connectivity index (χ0) is 16.0. The predicted octanol–water partition coefficient (Wildman–Crippen LogP) is 5.45. The number of anilines is 1. The van der Waals surface area contributed by atoms with Gasteiger partial charge >= 0.3 is 0 Å². The first-order chi connectivity index (χ1) is 10.4. The number of carbonyl (C=O) groups excluding carboxylic acids is 1. The topological polar surface area (TPSA) is 29.1 Å². The number of nitrogens with one attached hydrogen (secondary N) is 1. The lowest BCUT2D eigenvalue weighted by Crippen LogP contribution is -2.32. The molecule has 0 spiro atoms. The molecule has 1 saturated carbocycles. The summed E-state index contributed by atoms with van der Waals surface area (Å²) in [5.41, 5.74) is 0.382. The highest BCUT2D eigenvalue weighted by molar-refractivity contribution is 6.54. The number of benzene rings is 2. The molecule has 0 heterocycles. The summed E-state index contributed by atoms with van der Waals surface area (Å²) in [4.78, 5) is 12.8. The Balaban J connectivity index is 1.91. The lowest BCUT2D eigenvalue weighted by atomic mass is 9.94. The minimum absolute atomic E-state index is 0.262. The highest BCUT2D eigenvalue weighted by Gasteiger charge is 2.72. The maximum atomic E-state index is 12.8. The molecule has 0 aromatic heterocycles. The first-order valence-electron chi connectivity index (χ1n) is 6.57. The molecular weight excluding hydrogens is 364 g/mol. The Morgan fingerprint density at radius 3 is 2.18 bits per heavy atom. The van der Waals surface area contributed by atoms with Gasteiger partial charge in [-0.2, -0.15) is 0 Å². The van der Waals surface area contributed by atoms with Crippen LogP contribution in [0.2, 0.25) is 10.0 Å². The predicted molar refractivity (Wildman–Crippen MR) is 92.3 cm³/mol. The lowest BCUT2D eigenvalue weighted by molar-refractivity contribution is -0.118. The molecule has 0 aliphatic heterocycles. The Morgan fingerprint density at radius 2 is 1.64 bits per heavy atom. The second-order valence-corrected chi connectivity index (χ2v) is 7.53. The zero-order valence-electron chi connectivity index (χ0n) is 11.2. The van der Waals surface area contributed by atoms with Crippen LogP contribution in [0.1, 0.15) is 12.0 Å².